The van der Waals surface area contributed by atoms with Gasteiger partial charge >= 0.3 is 11.9 Å². The summed E-state index contributed by atoms with van der Waals surface area (Å²) in [4.78, 5) is 28.1. The van der Waals surface area contributed by atoms with Crippen molar-refractivity contribution in [3.63, 3.8) is 0 Å². The van der Waals surface area contributed by atoms with Crippen LogP contribution in [0.5, 0.6) is 0 Å². The van der Waals surface area contributed by atoms with Crippen molar-refractivity contribution in [3.8, 4) is 0 Å². The molecule has 2 rings (SSSR count). The highest BCUT2D eigenvalue weighted by molar-refractivity contribution is 5.71. The molecule has 32 heavy (non-hydrogen) atoms. The molecule has 1 aliphatic carbocycles. The molecule has 0 aliphatic heterocycles. The zero-order valence-electron chi connectivity index (χ0n) is 20.9. The van der Waals surface area contributed by atoms with Crippen molar-refractivity contribution in [3.05, 3.63) is 11.7 Å². The predicted molar refractivity (Wildman–Crippen MR) is 123 cm³/mol. The molecule has 0 bridgehead atoms. The first-order valence-corrected chi connectivity index (χ1v) is 12.1. The fraction of sp³-hybridized carbons (Fsp3) is 0.833. The van der Waals surface area contributed by atoms with E-state index in [1.165, 1.54) is 45.6 Å². The molecular weight excluding hydrogens is 410 g/mol. The van der Waals surface area contributed by atoms with Gasteiger partial charge in [-0.15, -0.1) is 0 Å². The Morgan fingerprint density at radius 3 is 2.47 bits per heavy atom. The Morgan fingerprint density at radius 1 is 1.16 bits per heavy atom. The first-order valence-electron chi connectivity index (χ1n) is 12.1. The number of carbonyl (C=O) groups excluding carboxylic acids is 2. The molecule has 1 aromatic heterocycles. The van der Waals surface area contributed by atoms with Crippen LogP contribution in [0.25, 0.3) is 0 Å². The lowest BCUT2D eigenvalue weighted by Crippen LogP contribution is -2.25. The molecule has 1 aromatic rings. The highest BCUT2D eigenvalue weighted by Crippen LogP contribution is 2.31. The maximum absolute atomic E-state index is 12.4. The van der Waals surface area contributed by atoms with Crippen LogP contribution in [0.2, 0.25) is 0 Å². The molecule has 0 radical (unpaired) electrons. The van der Waals surface area contributed by atoms with Gasteiger partial charge in [-0.05, 0) is 33.1 Å². The Labute approximate surface area is 193 Å². The Morgan fingerprint density at radius 2 is 1.84 bits per heavy atom. The molecule has 8 nitrogen and oxygen atoms in total. The van der Waals surface area contributed by atoms with Crippen LogP contribution in [-0.4, -0.2) is 41.3 Å². The molecule has 0 aromatic carbocycles. The van der Waals surface area contributed by atoms with E-state index < -0.39 is 5.60 Å². The van der Waals surface area contributed by atoms with E-state index >= 15 is 0 Å². The van der Waals surface area contributed by atoms with Crippen molar-refractivity contribution in [1.82, 2.24) is 15.5 Å². The number of nitrogens with zero attached hydrogens (tertiary/aromatic N) is 2. The summed E-state index contributed by atoms with van der Waals surface area (Å²) < 4.78 is 15.6. The molecular formula is C24H43N3O5. The Balaban J connectivity index is 0.00000249. The van der Waals surface area contributed by atoms with Gasteiger partial charge in [0.05, 0.1) is 26.6 Å². The van der Waals surface area contributed by atoms with Gasteiger partial charge in [0.1, 0.15) is 5.60 Å². The maximum atomic E-state index is 12.4. The first kappa shape index (κ1) is 28.1. The molecule has 1 N–H and O–H groups in total. The van der Waals surface area contributed by atoms with Crippen LogP contribution in [-0.2, 0) is 25.6 Å². The molecule has 1 saturated carbocycles. The average molecular weight is 454 g/mol. The zero-order valence-corrected chi connectivity index (χ0v) is 20.9. The third-order valence-corrected chi connectivity index (χ3v) is 5.34. The number of hydrogen-bond donors (Lipinski definition) is 1. The fourth-order valence-electron chi connectivity index (χ4n) is 3.88. The topological polar surface area (TPSA) is 104 Å². The number of carbonyl (C=O) groups is 2. The summed E-state index contributed by atoms with van der Waals surface area (Å²) >= 11 is 0. The van der Waals surface area contributed by atoms with Crippen molar-refractivity contribution in [2.75, 3.05) is 13.7 Å². The molecule has 1 heterocycles. The van der Waals surface area contributed by atoms with Gasteiger partial charge in [0.2, 0.25) is 5.89 Å². The van der Waals surface area contributed by atoms with E-state index in [2.05, 4.69) is 20.2 Å². The number of nitrogens with one attached hydrogen (secondary N) is 1. The second kappa shape index (κ2) is 15.0. The summed E-state index contributed by atoms with van der Waals surface area (Å²) in [5.74, 6) is 0.930. The quantitative estimate of drug-likeness (QED) is 0.471. The van der Waals surface area contributed by atoms with E-state index in [1.54, 1.807) is 0 Å². The van der Waals surface area contributed by atoms with Crippen molar-refractivity contribution in [2.45, 2.75) is 110 Å². The average Bonchev–Trinajstić information content (AvgIpc) is 3.22. The third-order valence-electron chi connectivity index (χ3n) is 5.34. The monoisotopic (exact) mass is 453 g/mol. The lowest BCUT2D eigenvalue weighted by molar-refractivity contribution is -0.155. The highest BCUT2D eigenvalue weighted by Gasteiger charge is 2.26. The van der Waals surface area contributed by atoms with Crippen LogP contribution in [0, 0.1) is 5.92 Å². The zero-order chi connectivity index (χ0) is 24.0. The molecule has 184 valence electrons. The fourth-order valence-corrected chi connectivity index (χ4v) is 3.88. The van der Waals surface area contributed by atoms with E-state index in [-0.39, 0.29) is 30.8 Å². The van der Waals surface area contributed by atoms with E-state index in [0.29, 0.717) is 18.3 Å². The number of aromatic nitrogens is 2. The van der Waals surface area contributed by atoms with E-state index in [9.17, 15) is 9.59 Å². The molecule has 0 spiro atoms. The lowest BCUT2D eigenvalue weighted by Gasteiger charge is -2.23. The number of ether oxygens (including phenoxy) is 2. The number of esters is 2. The van der Waals surface area contributed by atoms with Crippen LogP contribution in [0.1, 0.15) is 110 Å². The number of methoxy groups -OCH3 is 1. The molecule has 0 amide bonds. The van der Waals surface area contributed by atoms with Crippen molar-refractivity contribution < 1.29 is 23.6 Å². The highest BCUT2D eigenvalue weighted by atomic mass is 16.6. The van der Waals surface area contributed by atoms with Gasteiger partial charge < -0.3 is 14.0 Å². The molecule has 1 fully saturated rings. The maximum Gasteiger partial charge on any atom is 0.319 e. The van der Waals surface area contributed by atoms with Crippen LogP contribution >= 0.6 is 0 Å². The van der Waals surface area contributed by atoms with Gasteiger partial charge in [0.25, 0.3) is 0 Å². The summed E-state index contributed by atoms with van der Waals surface area (Å²) in [5, 5.41) is 6.90. The van der Waals surface area contributed by atoms with E-state index in [1.807, 2.05) is 34.6 Å². The van der Waals surface area contributed by atoms with Gasteiger partial charge in [0, 0.05) is 5.92 Å². The minimum atomic E-state index is -0.526. The third kappa shape index (κ3) is 11.6. The summed E-state index contributed by atoms with van der Waals surface area (Å²) in [6.07, 6.45) is 9.87. The summed E-state index contributed by atoms with van der Waals surface area (Å²) in [7, 11) is 1.34. The second-order valence-electron chi connectivity index (χ2n) is 9.15. The van der Waals surface area contributed by atoms with Gasteiger partial charge in [-0.2, -0.15) is 4.98 Å². The molecule has 1 aliphatic rings. The lowest BCUT2D eigenvalue weighted by atomic mass is 9.84. The van der Waals surface area contributed by atoms with Gasteiger partial charge in [-0.1, -0.05) is 63.9 Å². The smallest absolute Gasteiger partial charge is 0.319 e. The molecule has 0 saturated heterocycles. The Hall–Kier alpha value is -1.96. The minimum absolute atomic E-state index is 0.0725. The summed E-state index contributed by atoms with van der Waals surface area (Å²) in [6, 6.07) is 0. The Kier molecular flexibility index (Phi) is 13.1. The SMILES string of the molecule is CC.COC(=O)CNCc1noc([C@H](CCCC2CCCCC2)CC(=O)OC(C)(C)C)n1. The van der Waals surface area contributed by atoms with Gasteiger partial charge in [-0.3, -0.25) is 14.9 Å². The van der Waals surface area contributed by atoms with E-state index in [4.69, 9.17) is 9.26 Å². The normalized spacial score (nSPS) is 15.4. The number of rotatable bonds is 11. The number of hydrogen-bond acceptors (Lipinski definition) is 8. The van der Waals surface area contributed by atoms with Crippen molar-refractivity contribution >= 4 is 11.9 Å². The van der Waals surface area contributed by atoms with Crippen LogP contribution in [0.4, 0.5) is 0 Å². The van der Waals surface area contributed by atoms with Crippen molar-refractivity contribution in [1.29, 1.82) is 0 Å². The van der Waals surface area contributed by atoms with Crippen molar-refractivity contribution in [2.24, 2.45) is 5.92 Å². The molecule has 0 unspecified atom stereocenters. The molecule has 8 heteroatoms. The van der Waals surface area contributed by atoms with Gasteiger partial charge in [0.15, 0.2) is 5.82 Å². The molecule has 1 atom stereocenters. The van der Waals surface area contributed by atoms with Crippen LogP contribution in [0.15, 0.2) is 4.52 Å². The predicted octanol–water partition coefficient (Wildman–Crippen LogP) is 4.92. The van der Waals surface area contributed by atoms with Gasteiger partial charge in [-0.25, -0.2) is 0 Å². The largest absolute Gasteiger partial charge is 0.468 e. The van der Waals surface area contributed by atoms with Crippen LogP contribution < -0.4 is 5.32 Å². The standard InChI is InChI=1S/C22H37N3O5.C2H6/c1-22(2,3)29-19(26)13-17(12-8-11-16-9-6-5-7-10-16)21-24-18(25-30-21)14-23-15-20(27)28-4;1-2/h16-17,23H,5-15H2,1-4H3;1-2H3/t17-;/m1./s1. The second-order valence-corrected chi connectivity index (χ2v) is 9.15. The van der Waals surface area contributed by atoms with E-state index in [0.717, 1.165) is 18.8 Å². The van der Waals surface area contributed by atoms with Crippen LogP contribution in [0.3, 0.4) is 0 Å². The summed E-state index contributed by atoms with van der Waals surface area (Å²) in [6.45, 7) is 9.95. The minimum Gasteiger partial charge on any atom is -0.468 e. The summed E-state index contributed by atoms with van der Waals surface area (Å²) in [5.41, 5.74) is -0.526. The first-order chi connectivity index (χ1) is 15.3. The Bertz CT molecular complexity index is 663.